The summed E-state index contributed by atoms with van der Waals surface area (Å²) in [5.74, 6) is 0.795. The first kappa shape index (κ1) is 9.21. The second kappa shape index (κ2) is 3.52. The topological polar surface area (TPSA) is 31.2 Å². The van der Waals surface area contributed by atoms with E-state index in [4.69, 9.17) is 4.74 Å². The maximum absolute atomic E-state index is 11.3. The van der Waals surface area contributed by atoms with E-state index in [1.165, 1.54) is 0 Å². The molecule has 0 saturated carbocycles. The number of hydrogen-bond donors (Lipinski definition) is 0. The van der Waals surface area contributed by atoms with E-state index in [0.29, 0.717) is 6.61 Å². The van der Waals surface area contributed by atoms with E-state index in [0.717, 1.165) is 23.3 Å². The van der Waals surface area contributed by atoms with Crippen LogP contribution in [0.1, 0.15) is 17.3 Å². The van der Waals surface area contributed by atoms with Crippen molar-refractivity contribution in [2.75, 3.05) is 0 Å². The summed E-state index contributed by atoms with van der Waals surface area (Å²) in [7, 11) is 0. The van der Waals surface area contributed by atoms with Gasteiger partial charge in [-0.05, 0) is 18.2 Å². The fraction of sp³-hybridized carbons (Fsp3) is 0.154. The van der Waals surface area contributed by atoms with Gasteiger partial charge in [-0.15, -0.1) is 0 Å². The van der Waals surface area contributed by atoms with Gasteiger partial charge in [-0.2, -0.15) is 0 Å². The molecule has 16 heavy (non-hydrogen) atoms. The number of nitrogens with zero attached hydrogens (tertiary/aromatic N) is 1. The van der Waals surface area contributed by atoms with Gasteiger partial charge in [0.2, 0.25) is 0 Å². The highest BCUT2D eigenvalue weighted by Crippen LogP contribution is 2.31. The number of carbonyl (C=O) groups is 1. The zero-order valence-electron chi connectivity index (χ0n) is 8.67. The lowest BCUT2D eigenvalue weighted by atomic mass is 10.1. The van der Waals surface area contributed by atoms with Crippen LogP contribution in [0.5, 0.6) is 5.75 Å². The smallest absolute Gasteiger partial charge is 0.147 e. The second-order valence-corrected chi connectivity index (χ2v) is 3.81. The Hall–Kier alpha value is -2.03. The molecule has 1 unspecified atom stereocenters. The van der Waals surface area contributed by atoms with Gasteiger partial charge in [0, 0.05) is 11.8 Å². The Morgan fingerprint density at radius 2 is 2.12 bits per heavy atom. The number of rotatable bonds is 1. The van der Waals surface area contributed by atoms with Gasteiger partial charge in [0.1, 0.15) is 24.7 Å². The molecule has 2 aromatic rings. The van der Waals surface area contributed by atoms with E-state index in [1.54, 1.807) is 0 Å². The predicted octanol–water partition coefficient (Wildman–Crippen LogP) is 2.17. The number of carbonyl (C=O) groups excluding carboxylic acids is 1. The summed E-state index contributed by atoms with van der Waals surface area (Å²) in [5, 5.41) is 0. The Kier molecular flexibility index (Phi) is 2.03. The molecule has 0 spiro atoms. The highest BCUT2D eigenvalue weighted by atomic mass is 16.5. The van der Waals surface area contributed by atoms with Crippen LogP contribution in [0.25, 0.3) is 0 Å². The third kappa shape index (κ3) is 1.25. The maximum atomic E-state index is 11.3. The summed E-state index contributed by atoms with van der Waals surface area (Å²) in [6.45, 7) is 0.508. The van der Waals surface area contributed by atoms with E-state index in [1.807, 2.05) is 47.2 Å². The maximum Gasteiger partial charge on any atom is 0.147 e. The van der Waals surface area contributed by atoms with Gasteiger partial charge < -0.3 is 14.1 Å². The summed E-state index contributed by atoms with van der Waals surface area (Å²) in [4.78, 5) is 11.3. The van der Waals surface area contributed by atoms with Crippen molar-refractivity contribution in [3.63, 3.8) is 0 Å². The Morgan fingerprint density at radius 3 is 3.00 bits per heavy atom. The minimum atomic E-state index is -0.274. The zero-order chi connectivity index (χ0) is 11.0. The van der Waals surface area contributed by atoms with Gasteiger partial charge in [0.05, 0.1) is 5.69 Å². The molecule has 0 aliphatic carbocycles. The van der Waals surface area contributed by atoms with Gasteiger partial charge in [-0.25, -0.2) is 0 Å². The van der Waals surface area contributed by atoms with Crippen molar-refractivity contribution in [3.05, 3.63) is 53.9 Å². The Balaban J connectivity index is 2.21. The van der Waals surface area contributed by atoms with Gasteiger partial charge in [-0.1, -0.05) is 18.2 Å². The summed E-state index contributed by atoms with van der Waals surface area (Å²) in [6.07, 6.45) is 2.87. The van der Waals surface area contributed by atoms with Gasteiger partial charge in [0.25, 0.3) is 0 Å². The van der Waals surface area contributed by atoms with E-state index < -0.39 is 0 Å². The molecule has 3 nitrogen and oxygen atoms in total. The molecule has 1 atom stereocenters. The lowest BCUT2D eigenvalue weighted by Gasteiger charge is -2.13. The third-order valence-electron chi connectivity index (χ3n) is 2.91. The van der Waals surface area contributed by atoms with Gasteiger partial charge in [-0.3, -0.25) is 0 Å². The summed E-state index contributed by atoms with van der Waals surface area (Å²) in [5.41, 5.74) is 1.95. The molecule has 1 aliphatic heterocycles. The number of ether oxygens (including phenoxy) is 1. The molecule has 0 amide bonds. The quantitative estimate of drug-likeness (QED) is 0.680. The number of benzene rings is 1. The van der Waals surface area contributed by atoms with Crippen molar-refractivity contribution in [2.45, 2.75) is 12.6 Å². The summed E-state index contributed by atoms with van der Waals surface area (Å²) >= 11 is 0. The second-order valence-electron chi connectivity index (χ2n) is 3.81. The molecule has 2 heterocycles. The standard InChI is InChI=1S/C13H11NO2/c15-8-12-11-5-1-2-6-13(11)16-9-10-4-3-7-14(10)12/h1-8,12H,9H2. The van der Waals surface area contributed by atoms with Crippen LogP contribution in [0, 0.1) is 0 Å². The molecule has 0 saturated heterocycles. The minimum Gasteiger partial charge on any atom is -0.487 e. The molecule has 1 aromatic carbocycles. The van der Waals surface area contributed by atoms with Crippen molar-refractivity contribution in [1.82, 2.24) is 4.57 Å². The molecule has 80 valence electrons. The van der Waals surface area contributed by atoms with Crippen molar-refractivity contribution < 1.29 is 9.53 Å². The van der Waals surface area contributed by atoms with Crippen molar-refractivity contribution >= 4 is 6.29 Å². The van der Waals surface area contributed by atoms with E-state index in [2.05, 4.69) is 0 Å². The first-order chi connectivity index (χ1) is 7.90. The zero-order valence-corrected chi connectivity index (χ0v) is 8.67. The van der Waals surface area contributed by atoms with E-state index >= 15 is 0 Å². The molecule has 0 N–H and O–H groups in total. The van der Waals surface area contributed by atoms with Crippen LogP contribution >= 0.6 is 0 Å². The predicted molar refractivity (Wildman–Crippen MR) is 59.4 cm³/mol. The number of aldehydes is 1. The first-order valence-corrected chi connectivity index (χ1v) is 5.23. The summed E-state index contributed by atoms with van der Waals surface area (Å²) < 4.78 is 7.64. The molecule has 0 fully saturated rings. The highest BCUT2D eigenvalue weighted by Gasteiger charge is 2.22. The molecule has 0 bridgehead atoms. The molecule has 3 heteroatoms. The minimum absolute atomic E-state index is 0.274. The molecule has 3 rings (SSSR count). The van der Waals surface area contributed by atoms with Crippen molar-refractivity contribution in [2.24, 2.45) is 0 Å². The van der Waals surface area contributed by atoms with E-state index in [9.17, 15) is 4.79 Å². The Morgan fingerprint density at radius 1 is 1.25 bits per heavy atom. The number of hydrogen-bond acceptors (Lipinski definition) is 2. The molecule has 1 aromatic heterocycles. The summed E-state index contributed by atoms with van der Waals surface area (Å²) in [6, 6.07) is 11.3. The normalized spacial score (nSPS) is 17.9. The van der Waals surface area contributed by atoms with Crippen LogP contribution in [0.15, 0.2) is 42.6 Å². The van der Waals surface area contributed by atoms with Crippen molar-refractivity contribution in [3.8, 4) is 5.75 Å². The monoisotopic (exact) mass is 213 g/mol. The highest BCUT2D eigenvalue weighted by molar-refractivity contribution is 5.65. The van der Waals surface area contributed by atoms with Crippen LogP contribution in [0.4, 0.5) is 0 Å². The molecule has 1 aliphatic rings. The van der Waals surface area contributed by atoms with Crippen LogP contribution in [0.2, 0.25) is 0 Å². The molecular weight excluding hydrogens is 202 g/mol. The largest absolute Gasteiger partial charge is 0.487 e. The SMILES string of the molecule is O=CC1c2ccccc2OCc2cccn21. The number of para-hydroxylation sites is 1. The van der Waals surface area contributed by atoms with Crippen LogP contribution in [-0.4, -0.2) is 10.9 Å². The first-order valence-electron chi connectivity index (χ1n) is 5.23. The fourth-order valence-corrected chi connectivity index (χ4v) is 2.12. The Bertz CT molecular complexity index is 530. The Labute approximate surface area is 93.3 Å². The number of fused-ring (bicyclic) bond motifs is 2. The molecule has 0 radical (unpaired) electrons. The van der Waals surface area contributed by atoms with Crippen molar-refractivity contribution in [1.29, 1.82) is 0 Å². The lowest BCUT2D eigenvalue weighted by molar-refractivity contribution is -0.109. The van der Waals surface area contributed by atoms with Crippen LogP contribution in [0.3, 0.4) is 0 Å². The van der Waals surface area contributed by atoms with Crippen LogP contribution < -0.4 is 4.74 Å². The number of aromatic nitrogens is 1. The van der Waals surface area contributed by atoms with Crippen LogP contribution in [-0.2, 0) is 11.4 Å². The van der Waals surface area contributed by atoms with Gasteiger partial charge >= 0.3 is 0 Å². The fourth-order valence-electron chi connectivity index (χ4n) is 2.12. The van der Waals surface area contributed by atoms with Gasteiger partial charge in [0.15, 0.2) is 0 Å². The lowest BCUT2D eigenvalue weighted by Crippen LogP contribution is -2.11. The third-order valence-corrected chi connectivity index (χ3v) is 2.91. The average molecular weight is 213 g/mol. The van der Waals surface area contributed by atoms with E-state index in [-0.39, 0.29) is 6.04 Å². The average Bonchev–Trinajstić information content (AvgIpc) is 2.72. The molecular formula is C13H11NO2.